The molecular formula is C12H11ClN4O. The van der Waals surface area contributed by atoms with Crippen molar-refractivity contribution in [1.29, 1.82) is 0 Å². The zero-order valence-corrected chi connectivity index (χ0v) is 10.3. The fourth-order valence-electron chi connectivity index (χ4n) is 2.03. The fraction of sp³-hybridized carbons (Fsp3) is 0.250. The number of pyridine rings is 1. The predicted molar refractivity (Wildman–Crippen MR) is 66.2 cm³/mol. The maximum absolute atomic E-state index is 12.2. The zero-order chi connectivity index (χ0) is 12.5. The molecule has 0 unspecified atom stereocenters. The average Bonchev–Trinajstić information content (AvgIpc) is 2.86. The summed E-state index contributed by atoms with van der Waals surface area (Å²) in [5, 5.41) is 0.390. The summed E-state index contributed by atoms with van der Waals surface area (Å²) < 4.78 is 2.06. The van der Waals surface area contributed by atoms with E-state index in [4.69, 9.17) is 11.6 Å². The number of halogens is 1. The van der Waals surface area contributed by atoms with E-state index < -0.39 is 0 Å². The molecule has 3 rings (SSSR count). The fourth-order valence-corrected chi connectivity index (χ4v) is 2.14. The Kier molecular flexibility index (Phi) is 2.76. The summed E-state index contributed by atoms with van der Waals surface area (Å²) in [6.45, 7) is 2.00. The van der Waals surface area contributed by atoms with Crippen molar-refractivity contribution in [2.75, 3.05) is 6.54 Å². The number of carbonyl (C=O) groups is 1. The van der Waals surface area contributed by atoms with Gasteiger partial charge in [0.05, 0.1) is 12.1 Å². The van der Waals surface area contributed by atoms with Crippen LogP contribution < -0.4 is 0 Å². The van der Waals surface area contributed by atoms with Gasteiger partial charge in [-0.05, 0) is 12.1 Å². The van der Waals surface area contributed by atoms with Gasteiger partial charge in [-0.1, -0.05) is 11.6 Å². The van der Waals surface area contributed by atoms with Gasteiger partial charge in [-0.2, -0.15) is 0 Å². The molecule has 2 aromatic heterocycles. The van der Waals surface area contributed by atoms with Gasteiger partial charge in [-0.25, -0.2) is 9.97 Å². The van der Waals surface area contributed by atoms with E-state index in [1.165, 1.54) is 6.20 Å². The topological polar surface area (TPSA) is 51.0 Å². The predicted octanol–water partition coefficient (Wildman–Crippen LogP) is 1.59. The largest absolute Gasteiger partial charge is 0.332 e. The van der Waals surface area contributed by atoms with E-state index in [0.717, 1.165) is 12.4 Å². The van der Waals surface area contributed by atoms with Gasteiger partial charge in [0.1, 0.15) is 11.0 Å². The summed E-state index contributed by atoms with van der Waals surface area (Å²) >= 11 is 5.71. The molecule has 0 radical (unpaired) electrons. The molecule has 0 fully saturated rings. The molecule has 0 saturated heterocycles. The normalized spacial score (nSPS) is 14.4. The van der Waals surface area contributed by atoms with Crippen molar-refractivity contribution in [3.8, 4) is 0 Å². The lowest BCUT2D eigenvalue weighted by Crippen LogP contribution is -2.38. The Labute approximate surface area is 109 Å². The van der Waals surface area contributed by atoms with Gasteiger partial charge >= 0.3 is 0 Å². The highest BCUT2D eigenvalue weighted by Crippen LogP contribution is 2.14. The van der Waals surface area contributed by atoms with Gasteiger partial charge < -0.3 is 9.47 Å². The molecule has 0 saturated carbocycles. The maximum atomic E-state index is 12.2. The van der Waals surface area contributed by atoms with Crippen LogP contribution in [0.25, 0.3) is 0 Å². The molecule has 0 atom stereocenters. The van der Waals surface area contributed by atoms with Crippen molar-refractivity contribution in [2.45, 2.75) is 13.1 Å². The third-order valence-electron chi connectivity index (χ3n) is 3.01. The van der Waals surface area contributed by atoms with Crippen molar-refractivity contribution in [1.82, 2.24) is 19.4 Å². The van der Waals surface area contributed by atoms with Crippen LogP contribution >= 0.6 is 11.6 Å². The van der Waals surface area contributed by atoms with Crippen LogP contribution in [0.15, 0.2) is 30.7 Å². The van der Waals surface area contributed by atoms with Crippen LogP contribution in [0.1, 0.15) is 16.2 Å². The minimum Gasteiger partial charge on any atom is -0.332 e. The van der Waals surface area contributed by atoms with E-state index in [0.29, 0.717) is 23.8 Å². The van der Waals surface area contributed by atoms with Crippen molar-refractivity contribution < 1.29 is 4.79 Å². The lowest BCUT2D eigenvalue weighted by atomic mass is 10.2. The monoisotopic (exact) mass is 262 g/mol. The molecule has 2 aromatic rings. The highest BCUT2D eigenvalue weighted by atomic mass is 35.5. The standard InChI is InChI=1S/C12H11ClN4O/c13-10-2-1-9(7-15-10)12(18)17-6-5-16-4-3-14-11(16)8-17/h1-4,7H,5-6,8H2. The molecule has 1 aliphatic heterocycles. The van der Waals surface area contributed by atoms with Gasteiger partial charge in [0.2, 0.25) is 0 Å². The second kappa shape index (κ2) is 4.42. The smallest absolute Gasteiger partial charge is 0.255 e. The lowest BCUT2D eigenvalue weighted by Gasteiger charge is -2.27. The number of nitrogens with zero attached hydrogens (tertiary/aromatic N) is 4. The number of aromatic nitrogens is 3. The Balaban J connectivity index is 1.80. The van der Waals surface area contributed by atoms with Gasteiger partial charge in [-0.3, -0.25) is 4.79 Å². The number of rotatable bonds is 1. The van der Waals surface area contributed by atoms with E-state index in [1.807, 2.05) is 6.20 Å². The summed E-state index contributed by atoms with van der Waals surface area (Å²) in [7, 11) is 0. The summed E-state index contributed by atoms with van der Waals surface area (Å²) in [5.41, 5.74) is 0.555. The number of hydrogen-bond acceptors (Lipinski definition) is 3. The Morgan fingerprint density at radius 2 is 2.17 bits per heavy atom. The van der Waals surface area contributed by atoms with Gasteiger partial charge in [-0.15, -0.1) is 0 Å². The number of fused-ring (bicyclic) bond motifs is 1. The Bertz CT molecular complexity index is 578. The van der Waals surface area contributed by atoms with Crippen molar-refractivity contribution in [2.24, 2.45) is 0 Å². The van der Waals surface area contributed by atoms with Crippen molar-refractivity contribution in [3.05, 3.63) is 47.3 Å². The van der Waals surface area contributed by atoms with Crippen LogP contribution in [0.2, 0.25) is 5.15 Å². The Hall–Kier alpha value is -1.88. The van der Waals surface area contributed by atoms with E-state index in [-0.39, 0.29) is 5.91 Å². The molecule has 3 heterocycles. The third kappa shape index (κ3) is 1.97. The van der Waals surface area contributed by atoms with Crippen LogP contribution in [-0.4, -0.2) is 31.9 Å². The molecule has 0 spiro atoms. The van der Waals surface area contributed by atoms with Gasteiger partial charge in [0.25, 0.3) is 5.91 Å². The summed E-state index contributed by atoms with van der Waals surface area (Å²) in [6.07, 6.45) is 5.19. The van der Waals surface area contributed by atoms with E-state index >= 15 is 0 Å². The first-order valence-corrected chi connectivity index (χ1v) is 6.03. The van der Waals surface area contributed by atoms with E-state index in [1.54, 1.807) is 23.2 Å². The summed E-state index contributed by atoms with van der Waals surface area (Å²) in [6, 6.07) is 3.32. The second-order valence-corrected chi connectivity index (χ2v) is 4.52. The van der Waals surface area contributed by atoms with Crippen molar-refractivity contribution in [3.63, 3.8) is 0 Å². The van der Waals surface area contributed by atoms with Crippen LogP contribution in [0.5, 0.6) is 0 Å². The maximum Gasteiger partial charge on any atom is 0.255 e. The minimum absolute atomic E-state index is 0.0339. The first-order chi connectivity index (χ1) is 8.74. The lowest BCUT2D eigenvalue weighted by molar-refractivity contribution is 0.0707. The molecule has 0 bridgehead atoms. The first-order valence-electron chi connectivity index (χ1n) is 5.65. The number of hydrogen-bond donors (Lipinski definition) is 0. The molecule has 5 nitrogen and oxygen atoms in total. The highest BCUT2D eigenvalue weighted by Gasteiger charge is 2.22. The zero-order valence-electron chi connectivity index (χ0n) is 9.58. The van der Waals surface area contributed by atoms with E-state index in [9.17, 15) is 4.79 Å². The Morgan fingerprint density at radius 3 is 2.94 bits per heavy atom. The van der Waals surface area contributed by atoms with Crippen LogP contribution in [0, 0.1) is 0 Å². The minimum atomic E-state index is -0.0339. The number of carbonyl (C=O) groups excluding carboxylic acids is 1. The summed E-state index contributed by atoms with van der Waals surface area (Å²) in [5.74, 6) is 0.880. The quantitative estimate of drug-likeness (QED) is 0.734. The molecule has 1 aliphatic rings. The molecule has 6 heteroatoms. The molecule has 92 valence electrons. The first kappa shape index (κ1) is 11.2. The highest BCUT2D eigenvalue weighted by molar-refractivity contribution is 6.29. The number of imidazole rings is 1. The average molecular weight is 263 g/mol. The molecular weight excluding hydrogens is 252 g/mol. The third-order valence-corrected chi connectivity index (χ3v) is 3.23. The van der Waals surface area contributed by atoms with Crippen LogP contribution in [-0.2, 0) is 13.1 Å². The molecule has 1 amide bonds. The van der Waals surface area contributed by atoms with Gasteiger partial charge in [0, 0.05) is 31.7 Å². The van der Waals surface area contributed by atoms with E-state index in [2.05, 4.69) is 14.5 Å². The van der Waals surface area contributed by atoms with Gasteiger partial charge in [0.15, 0.2) is 0 Å². The molecule has 0 N–H and O–H groups in total. The molecule has 0 aliphatic carbocycles. The summed E-state index contributed by atoms with van der Waals surface area (Å²) in [4.78, 5) is 22.2. The second-order valence-electron chi connectivity index (χ2n) is 4.13. The number of amides is 1. The van der Waals surface area contributed by atoms with Crippen molar-refractivity contribution >= 4 is 17.5 Å². The molecule has 18 heavy (non-hydrogen) atoms. The Morgan fingerprint density at radius 1 is 1.28 bits per heavy atom. The SMILES string of the molecule is O=C(c1ccc(Cl)nc1)N1CCn2ccnc2C1. The van der Waals surface area contributed by atoms with Crippen LogP contribution in [0.3, 0.4) is 0 Å². The van der Waals surface area contributed by atoms with Crippen LogP contribution in [0.4, 0.5) is 0 Å². The molecule has 0 aromatic carbocycles.